The Morgan fingerprint density at radius 1 is 1.15 bits per heavy atom. The molecule has 0 saturated heterocycles. The lowest BCUT2D eigenvalue weighted by Gasteiger charge is -2.24. The second kappa shape index (κ2) is 13.2. The molecule has 33 heavy (non-hydrogen) atoms. The molecule has 186 valence electrons. The van der Waals surface area contributed by atoms with Gasteiger partial charge in [-0.05, 0) is 61.6 Å². The molecule has 0 radical (unpaired) electrons. The number of sulfonamides is 1. The van der Waals surface area contributed by atoms with E-state index in [2.05, 4.69) is 0 Å². The van der Waals surface area contributed by atoms with Crippen LogP contribution in [-0.2, 0) is 14.8 Å². The van der Waals surface area contributed by atoms with E-state index in [0.29, 0.717) is 31.2 Å². The Bertz CT molecular complexity index is 891. The Kier molecular flexibility index (Phi) is 11.0. The third-order valence-electron chi connectivity index (χ3n) is 6.17. The first-order chi connectivity index (χ1) is 15.5. The predicted octanol–water partition coefficient (Wildman–Crippen LogP) is 2.75. The Labute approximate surface area is 195 Å². The van der Waals surface area contributed by atoms with Crippen LogP contribution < -0.4 is 4.72 Å². The average Bonchev–Trinajstić information content (AvgIpc) is 2.98. The van der Waals surface area contributed by atoms with Gasteiger partial charge in [0, 0.05) is 6.42 Å². The highest BCUT2D eigenvalue weighted by Gasteiger charge is 2.40. The van der Waals surface area contributed by atoms with Gasteiger partial charge in [-0.15, -0.1) is 0 Å². The summed E-state index contributed by atoms with van der Waals surface area (Å²) in [5.41, 5.74) is 0.664. The molecule has 1 aliphatic rings. The van der Waals surface area contributed by atoms with E-state index < -0.39 is 34.2 Å². The van der Waals surface area contributed by atoms with E-state index in [4.69, 9.17) is 0 Å². The highest BCUT2D eigenvalue weighted by Crippen LogP contribution is 2.39. The monoisotopic (exact) mass is 485 g/mol. The molecule has 1 fully saturated rings. The van der Waals surface area contributed by atoms with E-state index in [1.165, 1.54) is 12.1 Å². The smallest absolute Gasteiger partial charge is 0.233 e. The van der Waals surface area contributed by atoms with Gasteiger partial charge in [-0.3, -0.25) is 9.52 Å². The molecule has 0 bridgehead atoms. The Balaban J connectivity index is 1.72. The Morgan fingerprint density at radius 3 is 2.48 bits per heavy atom. The van der Waals surface area contributed by atoms with Crippen molar-refractivity contribution >= 4 is 22.0 Å². The van der Waals surface area contributed by atoms with Crippen molar-refractivity contribution in [2.45, 2.75) is 76.1 Å². The van der Waals surface area contributed by atoms with Gasteiger partial charge in [0.25, 0.3) is 0 Å². The van der Waals surface area contributed by atoms with Gasteiger partial charge in [0.15, 0.2) is 0 Å². The fraction of sp³-hybridized carbons (Fsp3) is 0.625. The van der Waals surface area contributed by atoms with Crippen LogP contribution in [0.15, 0.2) is 30.3 Å². The van der Waals surface area contributed by atoms with Crippen molar-refractivity contribution in [2.24, 2.45) is 11.8 Å². The van der Waals surface area contributed by atoms with Crippen molar-refractivity contribution in [3.63, 3.8) is 0 Å². The fourth-order valence-electron chi connectivity index (χ4n) is 4.55. The third kappa shape index (κ3) is 10.3. The third-order valence-corrected chi connectivity index (χ3v) is 6.77. The summed E-state index contributed by atoms with van der Waals surface area (Å²) in [4.78, 5) is 11.5. The number of aliphatic hydroxyl groups excluding tert-OH is 3. The quantitative estimate of drug-likeness (QED) is 0.319. The highest BCUT2D eigenvalue weighted by molar-refractivity contribution is 7.89. The number of hydrogen-bond acceptors (Lipinski definition) is 6. The zero-order chi connectivity index (χ0) is 24.4. The van der Waals surface area contributed by atoms with Crippen LogP contribution in [0, 0.1) is 17.7 Å². The van der Waals surface area contributed by atoms with E-state index in [1.54, 1.807) is 24.3 Å². The molecular formula is C24H36FNO6S. The molecule has 5 atom stereocenters. The van der Waals surface area contributed by atoms with Gasteiger partial charge in [0.1, 0.15) is 5.82 Å². The van der Waals surface area contributed by atoms with Crippen molar-refractivity contribution in [1.82, 2.24) is 4.72 Å². The number of unbranched alkanes of at least 4 members (excludes halogenated alkanes) is 3. The number of carbonyl (C=O) groups is 1. The van der Waals surface area contributed by atoms with Gasteiger partial charge >= 0.3 is 0 Å². The van der Waals surface area contributed by atoms with E-state index >= 15 is 0 Å². The fourth-order valence-corrected chi connectivity index (χ4v) is 5.07. The van der Waals surface area contributed by atoms with E-state index in [0.717, 1.165) is 31.9 Å². The lowest BCUT2D eigenvalue weighted by Crippen LogP contribution is -2.28. The maximum atomic E-state index is 13.2. The lowest BCUT2D eigenvalue weighted by molar-refractivity contribution is -0.119. The number of halogens is 1. The van der Waals surface area contributed by atoms with Crippen LogP contribution in [0.3, 0.4) is 0 Å². The number of rotatable bonds is 13. The van der Waals surface area contributed by atoms with Crippen molar-refractivity contribution < 1.29 is 32.9 Å². The second-order valence-electron chi connectivity index (χ2n) is 9.01. The Hall–Kier alpha value is -1.81. The van der Waals surface area contributed by atoms with Gasteiger partial charge in [0.2, 0.25) is 15.9 Å². The van der Waals surface area contributed by atoms with Crippen molar-refractivity contribution in [2.75, 3.05) is 6.26 Å². The molecule has 1 amide bonds. The van der Waals surface area contributed by atoms with Crippen LogP contribution in [0.4, 0.5) is 4.39 Å². The standard InChI is InChI=1S/C24H36FNO6S/c1-33(31,32)26-24(30)10-5-3-2-4-9-20-21(23(29)16-22(20)28)14-13-19(27)12-11-17-7-6-8-18(25)15-17/h6-8,11-12,15,19-23,27-29H,2-5,9-10,13-14,16H2,1H3,(H,26,30)/b12-11+. The topological polar surface area (TPSA) is 124 Å². The van der Waals surface area contributed by atoms with Gasteiger partial charge in [-0.25, -0.2) is 12.8 Å². The molecule has 2 rings (SSSR count). The van der Waals surface area contributed by atoms with E-state index in [-0.39, 0.29) is 24.1 Å². The summed E-state index contributed by atoms with van der Waals surface area (Å²) < 4.78 is 37.2. The van der Waals surface area contributed by atoms with Gasteiger partial charge in [0.05, 0.1) is 24.6 Å². The number of benzene rings is 1. The predicted molar refractivity (Wildman–Crippen MR) is 125 cm³/mol. The summed E-state index contributed by atoms with van der Waals surface area (Å²) in [5.74, 6) is -0.989. The Morgan fingerprint density at radius 2 is 1.82 bits per heavy atom. The SMILES string of the molecule is CS(=O)(=O)NC(=O)CCCCCCC1C(O)CC(O)C1CCC(O)/C=C/c1cccc(F)c1. The molecule has 7 nitrogen and oxygen atoms in total. The molecule has 1 aliphatic carbocycles. The maximum absolute atomic E-state index is 13.2. The average molecular weight is 486 g/mol. The first-order valence-corrected chi connectivity index (χ1v) is 13.4. The van der Waals surface area contributed by atoms with E-state index in [9.17, 15) is 32.9 Å². The van der Waals surface area contributed by atoms with Crippen LogP contribution in [0.2, 0.25) is 0 Å². The summed E-state index contributed by atoms with van der Waals surface area (Å²) in [5, 5.41) is 31.0. The van der Waals surface area contributed by atoms with Crippen LogP contribution in [0.25, 0.3) is 6.08 Å². The molecule has 1 saturated carbocycles. The summed E-state index contributed by atoms with van der Waals surface area (Å²) in [6.45, 7) is 0. The van der Waals surface area contributed by atoms with Gasteiger partial charge in [-0.2, -0.15) is 0 Å². The second-order valence-corrected chi connectivity index (χ2v) is 10.8. The van der Waals surface area contributed by atoms with Crippen LogP contribution in [-0.4, -0.2) is 54.2 Å². The summed E-state index contributed by atoms with van der Waals surface area (Å²) >= 11 is 0. The molecule has 1 aromatic carbocycles. The molecule has 0 spiro atoms. The first kappa shape index (κ1) is 27.4. The van der Waals surface area contributed by atoms with Crippen LogP contribution in [0.1, 0.15) is 63.4 Å². The number of aliphatic hydroxyl groups is 3. The normalized spacial score (nSPS) is 24.3. The minimum Gasteiger partial charge on any atom is -0.393 e. The van der Waals surface area contributed by atoms with Crippen LogP contribution in [0.5, 0.6) is 0 Å². The molecular weight excluding hydrogens is 449 g/mol. The van der Waals surface area contributed by atoms with Gasteiger partial charge in [-0.1, -0.05) is 43.5 Å². The molecule has 0 aromatic heterocycles. The molecule has 9 heteroatoms. The van der Waals surface area contributed by atoms with Crippen molar-refractivity contribution in [1.29, 1.82) is 0 Å². The molecule has 0 heterocycles. The van der Waals surface area contributed by atoms with Crippen molar-refractivity contribution in [3.8, 4) is 0 Å². The maximum Gasteiger partial charge on any atom is 0.233 e. The summed E-state index contributed by atoms with van der Waals surface area (Å²) in [6.07, 6.45) is 7.59. The summed E-state index contributed by atoms with van der Waals surface area (Å²) in [7, 11) is -3.52. The van der Waals surface area contributed by atoms with Crippen LogP contribution >= 0.6 is 0 Å². The van der Waals surface area contributed by atoms with E-state index in [1.807, 2.05) is 4.72 Å². The first-order valence-electron chi connectivity index (χ1n) is 11.5. The lowest BCUT2D eigenvalue weighted by atomic mass is 9.85. The molecule has 5 unspecified atom stereocenters. The number of amides is 1. The van der Waals surface area contributed by atoms with Crippen molar-refractivity contribution in [3.05, 3.63) is 41.7 Å². The zero-order valence-corrected chi connectivity index (χ0v) is 19.9. The minimum absolute atomic E-state index is 0.0482. The molecule has 4 N–H and O–H groups in total. The molecule has 0 aliphatic heterocycles. The highest BCUT2D eigenvalue weighted by atomic mass is 32.2. The number of hydrogen-bond donors (Lipinski definition) is 4. The number of carbonyl (C=O) groups excluding carboxylic acids is 1. The zero-order valence-electron chi connectivity index (χ0n) is 19.1. The summed E-state index contributed by atoms with van der Waals surface area (Å²) in [6, 6.07) is 6.09. The van der Waals surface area contributed by atoms with Gasteiger partial charge < -0.3 is 15.3 Å². The largest absolute Gasteiger partial charge is 0.393 e. The minimum atomic E-state index is -3.52. The number of nitrogens with one attached hydrogen (secondary N) is 1. The molecule has 1 aromatic rings.